The number of imidazole rings is 1. The van der Waals surface area contributed by atoms with Gasteiger partial charge in [0.1, 0.15) is 30.2 Å². The molecule has 5 N–H and O–H groups in total. The molecule has 1 fully saturated rings. The number of nitrogens with one attached hydrogen (secondary N) is 1. The van der Waals surface area contributed by atoms with Gasteiger partial charge in [-0.25, -0.2) is 23.4 Å². The number of anilines is 1. The third-order valence-corrected chi connectivity index (χ3v) is 8.74. The Kier molecular flexibility index (Phi) is 6.59. The van der Waals surface area contributed by atoms with Crippen LogP contribution in [0.25, 0.3) is 11.2 Å². The Morgan fingerprint density at radius 3 is 2.73 bits per heavy atom. The molecular formula is C24H33N7O5S. The van der Waals surface area contributed by atoms with Gasteiger partial charge in [-0.1, -0.05) is 39.0 Å². The highest BCUT2D eigenvalue weighted by molar-refractivity contribution is 7.91. The number of allylic oxidation sites excluding steroid dienone is 2. The Balaban J connectivity index is 1.17. The number of aromatic nitrogens is 4. The van der Waals surface area contributed by atoms with E-state index in [0.29, 0.717) is 24.0 Å². The number of ether oxygens (including phenoxy) is 1. The van der Waals surface area contributed by atoms with Crippen molar-refractivity contribution in [3.8, 4) is 0 Å². The molecule has 4 heterocycles. The molecule has 0 radical (unpaired) electrons. The van der Waals surface area contributed by atoms with Gasteiger partial charge < -0.3 is 26.0 Å². The summed E-state index contributed by atoms with van der Waals surface area (Å²) in [6.45, 7) is 6.50. The molecule has 0 aromatic carbocycles. The number of fused-ring (bicyclic) bond motifs is 2. The van der Waals surface area contributed by atoms with Crippen molar-refractivity contribution in [3.05, 3.63) is 36.5 Å². The molecule has 2 aromatic rings. The molecule has 3 unspecified atom stereocenters. The molecule has 200 valence electrons. The predicted molar refractivity (Wildman–Crippen MR) is 138 cm³/mol. The largest absolute Gasteiger partial charge is 0.387 e. The van der Waals surface area contributed by atoms with E-state index in [9.17, 15) is 18.6 Å². The minimum absolute atomic E-state index is 0.0260. The number of sulfone groups is 1. The van der Waals surface area contributed by atoms with E-state index in [1.807, 2.05) is 0 Å². The van der Waals surface area contributed by atoms with Crippen molar-refractivity contribution in [1.82, 2.24) is 24.8 Å². The average Bonchev–Trinajstić information content (AvgIpc) is 3.50. The Labute approximate surface area is 215 Å². The maximum atomic E-state index is 12.9. The fourth-order valence-corrected chi connectivity index (χ4v) is 6.44. The summed E-state index contributed by atoms with van der Waals surface area (Å²) >= 11 is 0. The molecule has 0 spiro atoms. The summed E-state index contributed by atoms with van der Waals surface area (Å²) in [5.41, 5.74) is 7.75. The van der Waals surface area contributed by atoms with E-state index in [1.165, 1.54) is 22.8 Å². The van der Waals surface area contributed by atoms with Gasteiger partial charge in [0, 0.05) is 6.42 Å². The minimum Gasteiger partial charge on any atom is -0.387 e. The van der Waals surface area contributed by atoms with Crippen LogP contribution in [0.5, 0.6) is 0 Å². The Bertz CT molecular complexity index is 1380. The van der Waals surface area contributed by atoms with E-state index < -0.39 is 40.1 Å². The fraction of sp³-hybridized carbons (Fsp3) is 0.583. The lowest BCUT2D eigenvalue weighted by Crippen LogP contribution is -2.36. The average molecular weight is 532 g/mol. The highest BCUT2D eigenvalue weighted by Crippen LogP contribution is 2.33. The number of hydrogen-bond donors (Lipinski definition) is 4. The first-order valence-electron chi connectivity index (χ1n) is 12.3. The monoisotopic (exact) mass is 531 g/mol. The summed E-state index contributed by atoms with van der Waals surface area (Å²) < 4.78 is 32.9. The van der Waals surface area contributed by atoms with E-state index in [4.69, 9.17) is 15.5 Å². The fourth-order valence-electron chi connectivity index (χ4n) is 4.91. The first-order chi connectivity index (χ1) is 17.4. The topological polar surface area (TPSA) is 178 Å². The van der Waals surface area contributed by atoms with Gasteiger partial charge in [-0.05, 0) is 17.4 Å². The molecule has 2 aliphatic heterocycles. The van der Waals surface area contributed by atoms with Crippen LogP contribution in [0, 0.1) is 5.41 Å². The Morgan fingerprint density at radius 2 is 1.97 bits per heavy atom. The number of aliphatic hydroxyl groups excluding tert-OH is 2. The lowest BCUT2D eigenvalue weighted by Gasteiger charge is -2.26. The zero-order valence-electron chi connectivity index (χ0n) is 21.0. The zero-order valence-corrected chi connectivity index (χ0v) is 21.8. The van der Waals surface area contributed by atoms with Gasteiger partial charge in [0.25, 0.3) is 0 Å². The number of nitrogens with zero attached hydrogens (tertiary/aromatic N) is 5. The van der Waals surface area contributed by atoms with Gasteiger partial charge in [-0.15, -0.1) is 0 Å². The summed E-state index contributed by atoms with van der Waals surface area (Å²) in [4.78, 5) is 16.8. The van der Waals surface area contributed by atoms with Gasteiger partial charge in [0.05, 0.1) is 35.8 Å². The first kappa shape index (κ1) is 25.8. The van der Waals surface area contributed by atoms with Crippen LogP contribution in [0.3, 0.4) is 0 Å². The van der Waals surface area contributed by atoms with Gasteiger partial charge in [0.2, 0.25) is 0 Å². The molecule has 13 heteroatoms. The van der Waals surface area contributed by atoms with E-state index in [0.717, 1.165) is 5.84 Å². The number of aliphatic hydroxyl groups is 2. The molecule has 5 rings (SSSR count). The summed E-state index contributed by atoms with van der Waals surface area (Å²) in [5, 5.41) is 24.5. The van der Waals surface area contributed by atoms with Crippen LogP contribution in [0.15, 0.2) is 41.4 Å². The van der Waals surface area contributed by atoms with Crippen molar-refractivity contribution >= 4 is 32.7 Å². The number of hydrogen-bond acceptors (Lipinski definition) is 11. The summed E-state index contributed by atoms with van der Waals surface area (Å²) in [6.07, 6.45) is 4.98. The summed E-state index contributed by atoms with van der Waals surface area (Å²) in [5.74, 6) is 0.449. The van der Waals surface area contributed by atoms with Crippen LogP contribution in [-0.2, 0) is 14.6 Å². The first-order valence-corrected chi connectivity index (χ1v) is 14.1. The molecule has 1 saturated heterocycles. The molecular weight excluding hydrogens is 498 g/mol. The van der Waals surface area contributed by atoms with E-state index in [-0.39, 0.29) is 29.1 Å². The normalized spacial score (nSPS) is 29.8. The summed E-state index contributed by atoms with van der Waals surface area (Å²) in [6, 6.07) is 0.115. The standard InChI is InChI=1S/C24H33N7O5S/c1-24(2,3)13-6-7-14-15(9-13)30-17(29-14)5-4-8-37(34,35)10-16-19(32)20(33)23(36-16)31-12-28-18-21(25)26-11-27-22(18)31/h6-7,9,11-12,14-16,19-20,23,32-33H,4-5,8,10H2,1-3H3,(H,29,30)(H2,25,26,27)/t14?,15?,16-,19-,20-,23?/m1/s1. The molecule has 0 amide bonds. The molecule has 12 nitrogen and oxygen atoms in total. The van der Waals surface area contributed by atoms with Gasteiger partial charge in [0.15, 0.2) is 27.5 Å². The minimum atomic E-state index is -3.58. The maximum Gasteiger partial charge on any atom is 0.167 e. The number of rotatable bonds is 7. The number of aliphatic imine (C=N–C) groups is 1. The van der Waals surface area contributed by atoms with Crippen molar-refractivity contribution in [2.75, 3.05) is 17.2 Å². The van der Waals surface area contributed by atoms with Crippen molar-refractivity contribution in [2.24, 2.45) is 10.4 Å². The van der Waals surface area contributed by atoms with E-state index >= 15 is 0 Å². The molecule has 2 aromatic heterocycles. The number of amidine groups is 1. The van der Waals surface area contributed by atoms with Gasteiger partial charge in [-0.3, -0.25) is 9.56 Å². The smallest absolute Gasteiger partial charge is 0.167 e. The third kappa shape index (κ3) is 5.13. The predicted octanol–water partition coefficient (Wildman–Crippen LogP) is 0.504. The SMILES string of the molecule is CC(C)(C)C1=CC2NC(CCCS(=O)(=O)C[C@H]3OC(n4cnc5c(N)ncnc54)[C@H](O)[C@@H]3O)=NC2C=C1. The quantitative estimate of drug-likeness (QED) is 0.393. The molecule has 0 bridgehead atoms. The van der Waals surface area contributed by atoms with Crippen molar-refractivity contribution < 1.29 is 23.4 Å². The molecule has 0 saturated carbocycles. The van der Waals surface area contributed by atoms with Crippen molar-refractivity contribution in [3.63, 3.8) is 0 Å². The second-order valence-corrected chi connectivity index (χ2v) is 13.0. The zero-order chi connectivity index (χ0) is 26.5. The highest BCUT2D eigenvalue weighted by Gasteiger charge is 2.46. The van der Waals surface area contributed by atoms with Crippen LogP contribution in [0.2, 0.25) is 0 Å². The number of nitrogen functional groups attached to an aromatic ring is 1. The lowest BCUT2D eigenvalue weighted by atomic mass is 9.82. The summed E-state index contributed by atoms with van der Waals surface area (Å²) in [7, 11) is -3.58. The van der Waals surface area contributed by atoms with Crippen molar-refractivity contribution in [2.45, 2.75) is 70.2 Å². The Morgan fingerprint density at radius 1 is 1.19 bits per heavy atom. The third-order valence-electron chi connectivity index (χ3n) is 6.99. The van der Waals surface area contributed by atoms with Crippen LogP contribution >= 0.6 is 0 Å². The van der Waals surface area contributed by atoms with Crippen LogP contribution in [0.4, 0.5) is 5.82 Å². The van der Waals surface area contributed by atoms with Gasteiger partial charge in [-0.2, -0.15) is 0 Å². The maximum absolute atomic E-state index is 12.9. The Hall–Kier alpha value is -2.87. The molecule has 1 aliphatic carbocycles. The second kappa shape index (κ2) is 9.46. The van der Waals surface area contributed by atoms with Crippen LogP contribution in [0.1, 0.15) is 39.8 Å². The molecule has 37 heavy (non-hydrogen) atoms. The van der Waals surface area contributed by atoms with Crippen LogP contribution in [-0.4, -0.2) is 85.9 Å². The van der Waals surface area contributed by atoms with E-state index in [1.54, 1.807) is 0 Å². The number of nitrogens with two attached hydrogens (primary N) is 1. The molecule has 3 aliphatic rings. The van der Waals surface area contributed by atoms with Gasteiger partial charge >= 0.3 is 0 Å². The lowest BCUT2D eigenvalue weighted by molar-refractivity contribution is -0.0292. The van der Waals surface area contributed by atoms with E-state index in [2.05, 4.69) is 59.3 Å². The highest BCUT2D eigenvalue weighted by atomic mass is 32.2. The second-order valence-electron chi connectivity index (χ2n) is 10.8. The molecule has 6 atom stereocenters. The van der Waals surface area contributed by atoms with Crippen molar-refractivity contribution in [1.29, 1.82) is 0 Å². The van der Waals surface area contributed by atoms with Crippen LogP contribution < -0.4 is 11.1 Å².